The minimum Gasteiger partial charge on any atom is -0.369 e. The first kappa shape index (κ1) is 15.1. The molecule has 0 spiro atoms. The molecule has 124 valence electrons. The van der Waals surface area contributed by atoms with Gasteiger partial charge in [-0.1, -0.05) is 12.1 Å². The highest BCUT2D eigenvalue weighted by Crippen LogP contribution is 2.26. The van der Waals surface area contributed by atoms with Crippen LogP contribution in [0, 0.1) is 0 Å². The standard InChI is InChI=1S/C18H17N7/c19-18-23-16-11-12(15-7-10-22-25-15)4-5-14(16)17(24-18)21-9-6-13-3-1-2-8-20-13/h1-5,7-8,10-11H,6,9H2,(H,22,25)(H3,19,21,23,24). The van der Waals surface area contributed by atoms with E-state index in [4.69, 9.17) is 5.73 Å². The molecule has 7 nitrogen and oxygen atoms in total. The third kappa shape index (κ3) is 3.25. The summed E-state index contributed by atoms with van der Waals surface area (Å²) in [6.07, 6.45) is 4.32. The van der Waals surface area contributed by atoms with E-state index in [-0.39, 0.29) is 5.95 Å². The van der Waals surface area contributed by atoms with Gasteiger partial charge in [0.05, 0.1) is 11.2 Å². The van der Waals surface area contributed by atoms with Gasteiger partial charge in [-0.05, 0) is 30.3 Å². The third-order valence-electron chi connectivity index (χ3n) is 3.93. The number of H-pyrrole nitrogens is 1. The molecule has 0 radical (unpaired) electrons. The molecule has 0 unspecified atom stereocenters. The summed E-state index contributed by atoms with van der Waals surface area (Å²) >= 11 is 0. The first-order valence-corrected chi connectivity index (χ1v) is 8.00. The van der Waals surface area contributed by atoms with Gasteiger partial charge in [0.15, 0.2) is 0 Å². The molecule has 4 rings (SSSR count). The number of hydrogen-bond donors (Lipinski definition) is 3. The van der Waals surface area contributed by atoms with Gasteiger partial charge in [-0.25, -0.2) is 4.98 Å². The maximum absolute atomic E-state index is 5.88. The number of rotatable bonds is 5. The van der Waals surface area contributed by atoms with Crippen LogP contribution >= 0.6 is 0 Å². The van der Waals surface area contributed by atoms with Crippen molar-refractivity contribution in [2.75, 3.05) is 17.6 Å². The smallest absolute Gasteiger partial charge is 0.222 e. The Hall–Kier alpha value is -3.48. The van der Waals surface area contributed by atoms with Crippen molar-refractivity contribution in [3.05, 3.63) is 60.6 Å². The maximum Gasteiger partial charge on any atom is 0.222 e. The highest BCUT2D eigenvalue weighted by atomic mass is 15.1. The van der Waals surface area contributed by atoms with Gasteiger partial charge in [-0.15, -0.1) is 0 Å². The molecule has 4 aromatic rings. The Morgan fingerprint density at radius 2 is 2.00 bits per heavy atom. The first-order chi connectivity index (χ1) is 12.3. The van der Waals surface area contributed by atoms with E-state index in [2.05, 4.69) is 30.5 Å². The summed E-state index contributed by atoms with van der Waals surface area (Å²) < 4.78 is 0. The number of aromatic amines is 1. The number of aromatic nitrogens is 5. The fourth-order valence-corrected chi connectivity index (χ4v) is 2.72. The molecule has 0 saturated carbocycles. The number of hydrogen-bond acceptors (Lipinski definition) is 6. The molecule has 4 N–H and O–H groups in total. The predicted molar refractivity (Wildman–Crippen MR) is 98.0 cm³/mol. The van der Waals surface area contributed by atoms with Crippen LogP contribution < -0.4 is 11.1 Å². The Morgan fingerprint density at radius 3 is 2.80 bits per heavy atom. The normalized spacial score (nSPS) is 10.9. The van der Waals surface area contributed by atoms with E-state index in [0.29, 0.717) is 6.54 Å². The molecule has 0 aliphatic carbocycles. The van der Waals surface area contributed by atoms with Crippen molar-refractivity contribution in [2.45, 2.75) is 6.42 Å². The summed E-state index contributed by atoms with van der Waals surface area (Å²) in [6, 6.07) is 13.8. The summed E-state index contributed by atoms with van der Waals surface area (Å²) in [7, 11) is 0. The van der Waals surface area contributed by atoms with Crippen molar-refractivity contribution >= 4 is 22.7 Å². The zero-order chi connectivity index (χ0) is 17.1. The SMILES string of the molecule is Nc1nc(NCCc2ccccn2)c2ccc(-c3ccn[nH]3)cc2n1. The second-order valence-corrected chi connectivity index (χ2v) is 5.63. The van der Waals surface area contributed by atoms with Gasteiger partial charge in [-0.3, -0.25) is 10.1 Å². The summed E-state index contributed by atoms with van der Waals surface area (Å²) in [4.78, 5) is 13.0. The van der Waals surface area contributed by atoms with Crippen molar-refractivity contribution in [3.8, 4) is 11.3 Å². The van der Waals surface area contributed by atoms with Gasteiger partial charge in [0.25, 0.3) is 0 Å². The number of nitrogens with zero attached hydrogens (tertiary/aromatic N) is 4. The molecule has 0 atom stereocenters. The molecule has 0 saturated heterocycles. The Bertz CT molecular complexity index is 981. The van der Waals surface area contributed by atoms with Gasteiger partial charge in [0.1, 0.15) is 5.82 Å². The van der Waals surface area contributed by atoms with Crippen LogP contribution in [0.25, 0.3) is 22.2 Å². The Kier molecular flexibility index (Phi) is 3.96. The maximum atomic E-state index is 5.88. The number of benzene rings is 1. The summed E-state index contributed by atoms with van der Waals surface area (Å²) in [5.74, 6) is 0.976. The number of anilines is 2. The van der Waals surface area contributed by atoms with E-state index in [9.17, 15) is 0 Å². The number of nitrogen functional groups attached to an aromatic ring is 1. The van der Waals surface area contributed by atoms with Gasteiger partial charge >= 0.3 is 0 Å². The van der Waals surface area contributed by atoms with Crippen LogP contribution in [0.1, 0.15) is 5.69 Å². The van der Waals surface area contributed by atoms with Crippen molar-refractivity contribution in [2.24, 2.45) is 0 Å². The van der Waals surface area contributed by atoms with Crippen molar-refractivity contribution in [1.82, 2.24) is 25.1 Å². The fraction of sp³-hybridized carbons (Fsp3) is 0.111. The van der Waals surface area contributed by atoms with Crippen LogP contribution in [-0.2, 0) is 6.42 Å². The van der Waals surface area contributed by atoms with Gasteiger partial charge in [0, 0.05) is 42.0 Å². The van der Waals surface area contributed by atoms with Gasteiger partial charge in [-0.2, -0.15) is 10.1 Å². The Morgan fingerprint density at radius 1 is 1.04 bits per heavy atom. The monoisotopic (exact) mass is 331 g/mol. The molecule has 0 bridgehead atoms. The lowest BCUT2D eigenvalue weighted by molar-refractivity contribution is 0.955. The molecule has 3 heterocycles. The zero-order valence-corrected chi connectivity index (χ0v) is 13.5. The minimum atomic E-state index is 0.245. The fourth-order valence-electron chi connectivity index (χ4n) is 2.72. The minimum absolute atomic E-state index is 0.245. The summed E-state index contributed by atoms with van der Waals surface area (Å²) in [5.41, 5.74) is 9.64. The van der Waals surface area contributed by atoms with Crippen molar-refractivity contribution < 1.29 is 0 Å². The molecule has 1 aromatic carbocycles. The lowest BCUT2D eigenvalue weighted by Crippen LogP contribution is -2.09. The molecule has 0 aliphatic rings. The zero-order valence-electron chi connectivity index (χ0n) is 13.5. The molecule has 0 aliphatic heterocycles. The van der Waals surface area contributed by atoms with Crippen LogP contribution in [0.2, 0.25) is 0 Å². The van der Waals surface area contributed by atoms with Crippen LogP contribution in [-0.4, -0.2) is 31.7 Å². The topological polar surface area (TPSA) is 105 Å². The van der Waals surface area contributed by atoms with Crippen LogP contribution in [0.4, 0.5) is 11.8 Å². The molecular weight excluding hydrogens is 314 g/mol. The first-order valence-electron chi connectivity index (χ1n) is 8.00. The average Bonchev–Trinajstić information content (AvgIpc) is 3.16. The molecule has 7 heteroatoms. The van der Waals surface area contributed by atoms with E-state index in [1.807, 2.05) is 42.5 Å². The second kappa shape index (κ2) is 6.56. The largest absolute Gasteiger partial charge is 0.369 e. The number of nitrogens with one attached hydrogen (secondary N) is 2. The van der Waals surface area contributed by atoms with E-state index in [1.165, 1.54) is 0 Å². The van der Waals surface area contributed by atoms with E-state index < -0.39 is 0 Å². The number of fused-ring (bicyclic) bond motifs is 1. The lowest BCUT2D eigenvalue weighted by Gasteiger charge is -2.10. The van der Waals surface area contributed by atoms with Crippen molar-refractivity contribution in [3.63, 3.8) is 0 Å². The van der Waals surface area contributed by atoms with Gasteiger partial charge in [0.2, 0.25) is 5.95 Å². The molecule has 25 heavy (non-hydrogen) atoms. The lowest BCUT2D eigenvalue weighted by atomic mass is 10.1. The third-order valence-corrected chi connectivity index (χ3v) is 3.93. The van der Waals surface area contributed by atoms with Crippen LogP contribution in [0.3, 0.4) is 0 Å². The Labute approximate surface area is 144 Å². The average molecular weight is 331 g/mol. The summed E-state index contributed by atoms with van der Waals surface area (Å²) in [6.45, 7) is 0.713. The van der Waals surface area contributed by atoms with E-state index in [1.54, 1.807) is 12.4 Å². The predicted octanol–water partition coefficient (Wildman–Crippen LogP) is 2.65. The van der Waals surface area contributed by atoms with Crippen LogP contribution in [0.5, 0.6) is 0 Å². The molecule has 0 amide bonds. The van der Waals surface area contributed by atoms with E-state index in [0.717, 1.165) is 40.1 Å². The van der Waals surface area contributed by atoms with Crippen LogP contribution in [0.15, 0.2) is 54.9 Å². The highest BCUT2D eigenvalue weighted by Gasteiger charge is 2.08. The highest BCUT2D eigenvalue weighted by molar-refractivity contribution is 5.92. The second-order valence-electron chi connectivity index (χ2n) is 5.63. The molecular formula is C18H17N7. The van der Waals surface area contributed by atoms with Crippen molar-refractivity contribution in [1.29, 1.82) is 0 Å². The number of pyridine rings is 1. The quantitative estimate of drug-likeness (QED) is 0.519. The summed E-state index contributed by atoms with van der Waals surface area (Å²) in [5, 5.41) is 11.2. The Balaban J connectivity index is 1.60. The number of nitrogens with two attached hydrogens (primary N) is 1. The molecule has 0 fully saturated rings. The van der Waals surface area contributed by atoms with Gasteiger partial charge < -0.3 is 11.1 Å². The molecule has 3 aromatic heterocycles. The van der Waals surface area contributed by atoms with E-state index >= 15 is 0 Å².